The number of thioether (sulfide) groups is 1. The molecule has 0 saturated heterocycles. The smallest absolute Gasteiger partial charge is 0.325 e. The first-order valence-electron chi connectivity index (χ1n) is 8.53. The molecule has 1 N–H and O–H groups in total. The number of anilines is 1. The number of alkyl halides is 3. The highest BCUT2D eigenvalue weighted by molar-refractivity contribution is 7.99. The maximum atomic E-state index is 13.0. The summed E-state index contributed by atoms with van der Waals surface area (Å²) < 4.78 is 40.7. The number of allylic oxidation sites excluding steroid dienone is 1. The van der Waals surface area contributed by atoms with Gasteiger partial charge in [0.05, 0.1) is 16.3 Å². The fourth-order valence-electron chi connectivity index (χ4n) is 2.55. The van der Waals surface area contributed by atoms with Crippen molar-refractivity contribution in [3.8, 4) is 11.4 Å². The average molecular weight is 454 g/mol. The molecule has 1 amide bonds. The topological polar surface area (TPSA) is 72.7 Å². The summed E-state index contributed by atoms with van der Waals surface area (Å²) in [6.07, 6.45) is 0.332. The van der Waals surface area contributed by atoms with Crippen LogP contribution in [-0.4, -0.2) is 31.4 Å². The normalized spacial score (nSPS) is 11.3. The molecule has 2 aromatic heterocycles. The first-order valence-corrected chi connectivity index (χ1v) is 9.90. The Bertz CT molecular complexity index is 1060. The van der Waals surface area contributed by atoms with Crippen molar-refractivity contribution in [3.05, 3.63) is 66.0 Å². The van der Waals surface area contributed by atoms with Gasteiger partial charge in [-0.1, -0.05) is 29.4 Å². The van der Waals surface area contributed by atoms with Crippen molar-refractivity contribution in [3.63, 3.8) is 0 Å². The van der Waals surface area contributed by atoms with Gasteiger partial charge in [0.25, 0.3) is 0 Å². The second-order valence-corrected chi connectivity index (χ2v) is 7.33. The minimum atomic E-state index is -4.61. The van der Waals surface area contributed by atoms with Crippen molar-refractivity contribution in [1.82, 2.24) is 19.7 Å². The maximum Gasteiger partial charge on any atom is 0.417 e. The summed E-state index contributed by atoms with van der Waals surface area (Å²) in [6, 6.07) is 6.79. The monoisotopic (exact) mass is 453 g/mol. The molecule has 30 heavy (non-hydrogen) atoms. The van der Waals surface area contributed by atoms with Crippen LogP contribution in [0.5, 0.6) is 0 Å². The van der Waals surface area contributed by atoms with Gasteiger partial charge >= 0.3 is 6.18 Å². The van der Waals surface area contributed by atoms with Crippen LogP contribution in [0.1, 0.15) is 5.56 Å². The van der Waals surface area contributed by atoms with Crippen molar-refractivity contribution in [2.75, 3.05) is 11.1 Å². The summed E-state index contributed by atoms with van der Waals surface area (Å²) in [7, 11) is 0. The first kappa shape index (κ1) is 21.8. The van der Waals surface area contributed by atoms with Gasteiger partial charge in [-0.2, -0.15) is 13.2 Å². The van der Waals surface area contributed by atoms with Gasteiger partial charge in [-0.15, -0.1) is 16.8 Å². The number of carbonyl (C=O) groups excluding carboxylic acids is 1. The fourth-order valence-corrected chi connectivity index (χ4v) is 3.52. The standard InChI is InChI=1S/C19H15ClF3N5OS/c1-2-8-28-17(12-4-3-7-24-10-12)26-27-18(28)30-11-16(29)25-13-5-6-15(20)14(9-13)19(21,22)23/h2-7,9-10H,1,8,11H2,(H,25,29). The molecule has 2 heterocycles. The van der Waals surface area contributed by atoms with Crippen molar-refractivity contribution >= 4 is 35.0 Å². The van der Waals surface area contributed by atoms with Gasteiger partial charge in [-0.05, 0) is 30.3 Å². The molecule has 3 aromatic rings. The molecule has 0 unspecified atom stereocenters. The van der Waals surface area contributed by atoms with Crippen LogP contribution in [0.2, 0.25) is 5.02 Å². The molecule has 0 radical (unpaired) electrons. The molecule has 0 saturated carbocycles. The summed E-state index contributed by atoms with van der Waals surface area (Å²) in [6.45, 7) is 4.12. The van der Waals surface area contributed by atoms with Gasteiger partial charge in [0, 0.05) is 30.2 Å². The maximum absolute atomic E-state index is 13.0. The zero-order chi connectivity index (χ0) is 21.7. The van der Waals surface area contributed by atoms with Crippen molar-refractivity contribution in [1.29, 1.82) is 0 Å². The zero-order valence-electron chi connectivity index (χ0n) is 15.4. The van der Waals surface area contributed by atoms with Crippen molar-refractivity contribution < 1.29 is 18.0 Å². The highest BCUT2D eigenvalue weighted by Crippen LogP contribution is 2.36. The fraction of sp³-hybridized carbons (Fsp3) is 0.158. The van der Waals surface area contributed by atoms with E-state index in [1.807, 2.05) is 6.07 Å². The number of nitrogens with zero attached hydrogens (tertiary/aromatic N) is 4. The molecule has 0 spiro atoms. The van der Waals surface area contributed by atoms with Gasteiger partial charge in [0.1, 0.15) is 0 Å². The van der Waals surface area contributed by atoms with Crippen molar-refractivity contribution in [2.45, 2.75) is 17.9 Å². The Kier molecular flexibility index (Phi) is 6.78. The second kappa shape index (κ2) is 9.31. The summed E-state index contributed by atoms with van der Waals surface area (Å²) in [5, 5.41) is 10.7. The largest absolute Gasteiger partial charge is 0.417 e. The van der Waals surface area contributed by atoms with E-state index >= 15 is 0 Å². The molecular formula is C19H15ClF3N5OS. The van der Waals surface area contributed by atoms with Crippen LogP contribution in [0.25, 0.3) is 11.4 Å². The molecule has 1 aromatic carbocycles. The van der Waals surface area contributed by atoms with E-state index in [0.717, 1.165) is 29.5 Å². The SMILES string of the molecule is C=CCn1c(SCC(=O)Nc2ccc(Cl)c(C(F)(F)F)c2)nnc1-c1cccnc1. The van der Waals surface area contributed by atoms with Crippen LogP contribution < -0.4 is 5.32 Å². The number of hydrogen-bond acceptors (Lipinski definition) is 5. The molecule has 6 nitrogen and oxygen atoms in total. The van der Waals surface area contributed by atoms with Crippen LogP contribution in [0.3, 0.4) is 0 Å². The molecule has 0 aliphatic rings. The lowest BCUT2D eigenvalue weighted by Gasteiger charge is -2.12. The van der Waals surface area contributed by atoms with E-state index in [4.69, 9.17) is 11.6 Å². The average Bonchev–Trinajstić information content (AvgIpc) is 3.10. The van der Waals surface area contributed by atoms with E-state index < -0.39 is 22.7 Å². The Labute approximate surface area is 179 Å². The lowest BCUT2D eigenvalue weighted by atomic mass is 10.2. The van der Waals surface area contributed by atoms with Crippen molar-refractivity contribution in [2.24, 2.45) is 0 Å². The molecule has 0 aliphatic heterocycles. The lowest BCUT2D eigenvalue weighted by molar-refractivity contribution is -0.137. The number of amides is 1. The van der Waals surface area contributed by atoms with E-state index in [1.165, 1.54) is 6.07 Å². The molecule has 3 rings (SSSR count). The van der Waals surface area contributed by atoms with E-state index in [0.29, 0.717) is 17.5 Å². The third-order valence-electron chi connectivity index (χ3n) is 3.84. The summed E-state index contributed by atoms with van der Waals surface area (Å²) >= 11 is 6.69. The highest BCUT2D eigenvalue weighted by atomic mass is 35.5. The number of hydrogen-bond donors (Lipinski definition) is 1. The van der Waals surface area contributed by atoms with Gasteiger partial charge in [0.15, 0.2) is 11.0 Å². The summed E-state index contributed by atoms with van der Waals surface area (Å²) in [5.74, 6) is -0.00306. The predicted molar refractivity (Wildman–Crippen MR) is 109 cm³/mol. The van der Waals surface area contributed by atoms with E-state index in [-0.39, 0.29) is 11.4 Å². The quantitative estimate of drug-likeness (QED) is 0.405. The van der Waals surface area contributed by atoms with Gasteiger partial charge in [0.2, 0.25) is 5.91 Å². The predicted octanol–water partition coefficient (Wildman–Crippen LogP) is 4.93. The van der Waals surface area contributed by atoms with Crippen LogP contribution in [0, 0.1) is 0 Å². The molecule has 0 fully saturated rings. The lowest BCUT2D eigenvalue weighted by Crippen LogP contribution is -2.15. The van der Waals surface area contributed by atoms with Crippen LogP contribution >= 0.6 is 23.4 Å². The van der Waals surface area contributed by atoms with Gasteiger partial charge < -0.3 is 5.32 Å². The minimum absolute atomic E-state index is 0.000863. The number of benzene rings is 1. The number of aromatic nitrogens is 4. The number of pyridine rings is 1. The number of rotatable bonds is 7. The third-order valence-corrected chi connectivity index (χ3v) is 5.13. The Balaban J connectivity index is 1.71. The Morgan fingerprint density at radius 1 is 1.30 bits per heavy atom. The van der Waals surface area contributed by atoms with Gasteiger partial charge in [-0.25, -0.2) is 0 Å². The zero-order valence-corrected chi connectivity index (χ0v) is 16.9. The van der Waals surface area contributed by atoms with Crippen LogP contribution in [0.4, 0.5) is 18.9 Å². The summed E-state index contributed by atoms with van der Waals surface area (Å²) in [4.78, 5) is 16.3. The number of nitrogens with one attached hydrogen (secondary N) is 1. The molecule has 11 heteroatoms. The van der Waals surface area contributed by atoms with E-state index in [2.05, 4.69) is 27.1 Å². The van der Waals surface area contributed by atoms with Crippen LogP contribution in [0.15, 0.2) is 60.5 Å². The Morgan fingerprint density at radius 3 is 2.77 bits per heavy atom. The molecule has 0 bridgehead atoms. The van der Waals surface area contributed by atoms with Crippen LogP contribution in [-0.2, 0) is 17.5 Å². The second-order valence-electron chi connectivity index (χ2n) is 5.98. The molecular weight excluding hydrogens is 439 g/mol. The molecule has 0 aliphatic carbocycles. The number of carbonyl (C=O) groups is 1. The third kappa shape index (κ3) is 5.19. The molecule has 156 valence electrons. The molecule has 0 atom stereocenters. The highest BCUT2D eigenvalue weighted by Gasteiger charge is 2.33. The Hall–Kier alpha value is -2.85. The minimum Gasteiger partial charge on any atom is -0.325 e. The summed E-state index contributed by atoms with van der Waals surface area (Å²) in [5.41, 5.74) is -0.258. The first-order chi connectivity index (χ1) is 14.3. The Morgan fingerprint density at radius 2 is 2.10 bits per heavy atom. The number of halogens is 4. The van der Waals surface area contributed by atoms with E-state index in [9.17, 15) is 18.0 Å². The van der Waals surface area contributed by atoms with E-state index in [1.54, 1.807) is 29.1 Å². The van der Waals surface area contributed by atoms with Gasteiger partial charge in [-0.3, -0.25) is 14.3 Å².